The first-order valence-electron chi connectivity index (χ1n) is 8.87. The van der Waals surface area contributed by atoms with E-state index in [1.165, 1.54) is 13.2 Å². The predicted octanol–water partition coefficient (Wildman–Crippen LogP) is 1.80. The summed E-state index contributed by atoms with van der Waals surface area (Å²) in [5.41, 5.74) is 1.87. The second-order valence-electron chi connectivity index (χ2n) is 7.17. The van der Waals surface area contributed by atoms with Gasteiger partial charge in [-0.3, -0.25) is 4.79 Å². The van der Waals surface area contributed by atoms with Gasteiger partial charge in [0, 0.05) is 11.8 Å². The fraction of sp³-hybridized carbons (Fsp3) is 0.350. The molecule has 2 aromatic rings. The van der Waals surface area contributed by atoms with Crippen molar-refractivity contribution in [2.75, 3.05) is 20.5 Å². The maximum Gasteiger partial charge on any atom is 0.310 e. The second-order valence-corrected chi connectivity index (χ2v) is 7.17. The number of cyclic esters (lactones) is 1. The van der Waals surface area contributed by atoms with Crippen molar-refractivity contribution in [2.24, 2.45) is 11.8 Å². The van der Waals surface area contributed by atoms with Crippen molar-refractivity contribution in [3.8, 4) is 28.7 Å². The SMILES string of the molecule is COc1cc([C@@H]2c3cc4c(cc3[C@@H](O)[C@H]3COC(=O)[C@H]23)OCO4)cc(O)c1O. The molecule has 8 heteroatoms. The first-order chi connectivity index (χ1) is 13.5. The molecule has 0 radical (unpaired) electrons. The minimum absolute atomic E-state index is 0.0850. The minimum Gasteiger partial charge on any atom is -0.504 e. The summed E-state index contributed by atoms with van der Waals surface area (Å²) in [6, 6.07) is 6.46. The maximum atomic E-state index is 12.6. The van der Waals surface area contributed by atoms with Gasteiger partial charge in [0.05, 0.1) is 25.7 Å². The van der Waals surface area contributed by atoms with Crippen LogP contribution in [0, 0.1) is 11.8 Å². The smallest absolute Gasteiger partial charge is 0.310 e. The number of aliphatic hydroxyl groups excluding tert-OH is 1. The van der Waals surface area contributed by atoms with Gasteiger partial charge in [-0.15, -0.1) is 0 Å². The van der Waals surface area contributed by atoms with Gasteiger partial charge in [0.15, 0.2) is 23.0 Å². The molecule has 0 aromatic heterocycles. The number of phenolic OH excluding ortho intramolecular Hbond substituents is 2. The van der Waals surface area contributed by atoms with E-state index in [1.54, 1.807) is 18.2 Å². The van der Waals surface area contributed by atoms with Gasteiger partial charge in [-0.2, -0.15) is 0 Å². The number of methoxy groups -OCH3 is 1. The first kappa shape index (κ1) is 17.0. The lowest BCUT2D eigenvalue weighted by molar-refractivity contribution is -0.141. The quantitative estimate of drug-likeness (QED) is 0.529. The molecular weight excluding hydrogens is 368 g/mol. The summed E-state index contributed by atoms with van der Waals surface area (Å²) in [4.78, 5) is 12.6. The third kappa shape index (κ3) is 2.24. The van der Waals surface area contributed by atoms with Gasteiger partial charge in [-0.05, 0) is 41.0 Å². The molecule has 1 fully saturated rings. The lowest BCUT2D eigenvalue weighted by atomic mass is 9.66. The van der Waals surface area contributed by atoms with Crippen molar-refractivity contribution in [1.82, 2.24) is 0 Å². The van der Waals surface area contributed by atoms with Crippen molar-refractivity contribution in [2.45, 2.75) is 12.0 Å². The van der Waals surface area contributed by atoms with Crippen LogP contribution in [0.5, 0.6) is 28.7 Å². The molecule has 4 atom stereocenters. The molecule has 0 spiro atoms. The molecular formula is C20H18O8. The molecule has 2 aliphatic heterocycles. The normalized spacial score (nSPS) is 27.1. The largest absolute Gasteiger partial charge is 0.504 e. The number of hydrogen-bond donors (Lipinski definition) is 3. The molecule has 28 heavy (non-hydrogen) atoms. The van der Waals surface area contributed by atoms with Crippen LogP contribution in [0.25, 0.3) is 0 Å². The van der Waals surface area contributed by atoms with Gasteiger partial charge < -0.3 is 34.3 Å². The Morgan fingerprint density at radius 3 is 2.46 bits per heavy atom. The van der Waals surface area contributed by atoms with Crippen LogP contribution >= 0.6 is 0 Å². The molecule has 0 amide bonds. The summed E-state index contributed by atoms with van der Waals surface area (Å²) < 4.78 is 21.3. The standard InChI is InChI=1S/C20H18O8/c1-25-15-3-8(2-12(21)19(15)23)16-9-4-13-14(28-7-27-13)5-10(9)18(22)11-6-26-20(24)17(11)16/h2-5,11,16-18,21-23H,6-7H2,1H3/t11-,16+,17-,18+/m0/s1. The summed E-state index contributed by atoms with van der Waals surface area (Å²) in [7, 11) is 1.38. The van der Waals surface area contributed by atoms with E-state index < -0.39 is 29.8 Å². The Balaban J connectivity index is 1.75. The molecule has 5 rings (SSSR count). The number of carbonyl (C=O) groups excluding carboxylic acids is 1. The second kappa shape index (κ2) is 5.93. The van der Waals surface area contributed by atoms with E-state index in [9.17, 15) is 20.1 Å². The number of fused-ring (bicyclic) bond motifs is 3. The van der Waals surface area contributed by atoms with Crippen LogP contribution in [-0.4, -0.2) is 41.8 Å². The highest BCUT2D eigenvalue weighted by Crippen LogP contribution is 2.55. The number of rotatable bonds is 2. The number of ether oxygens (including phenoxy) is 4. The number of esters is 1. The van der Waals surface area contributed by atoms with E-state index in [2.05, 4.69) is 0 Å². The summed E-state index contributed by atoms with van der Waals surface area (Å²) in [6.45, 7) is 0.192. The zero-order chi connectivity index (χ0) is 19.6. The zero-order valence-corrected chi connectivity index (χ0v) is 14.9. The van der Waals surface area contributed by atoms with Crippen LogP contribution < -0.4 is 14.2 Å². The topological polar surface area (TPSA) is 115 Å². The Labute approximate surface area is 159 Å². The van der Waals surface area contributed by atoms with Crippen molar-refractivity contribution in [1.29, 1.82) is 0 Å². The van der Waals surface area contributed by atoms with Gasteiger partial charge in [0.1, 0.15) is 0 Å². The molecule has 3 N–H and O–H groups in total. The highest BCUT2D eigenvalue weighted by molar-refractivity contribution is 5.79. The Bertz CT molecular complexity index is 985. The number of aromatic hydroxyl groups is 2. The van der Waals surface area contributed by atoms with Crippen molar-refractivity contribution >= 4 is 5.97 Å². The maximum absolute atomic E-state index is 12.6. The van der Waals surface area contributed by atoms with Crippen LogP contribution in [0.2, 0.25) is 0 Å². The van der Waals surface area contributed by atoms with Crippen molar-refractivity contribution < 1.29 is 39.1 Å². The lowest BCUT2D eigenvalue weighted by Crippen LogP contribution is -2.34. The fourth-order valence-electron chi connectivity index (χ4n) is 4.48. The molecule has 2 heterocycles. The van der Waals surface area contributed by atoms with Gasteiger partial charge in [-0.1, -0.05) is 0 Å². The van der Waals surface area contributed by atoms with Gasteiger partial charge in [0.2, 0.25) is 12.5 Å². The van der Waals surface area contributed by atoms with Crippen LogP contribution in [-0.2, 0) is 9.53 Å². The van der Waals surface area contributed by atoms with E-state index >= 15 is 0 Å². The molecule has 1 saturated heterocycles. The van der Waals surface area contributed by atoms with Crippen molar-refractivity contribution in [3.63, 3.8) is 0 Å². The highest BCUT2D eigenvalue weighted by Gasteiger charge is 2.52. The Morgan fingerprint density at radius 2 is 1.75 bits per heavy atom. The van der Waals surface area contributed by atoms with E-state index in [-0.39, 0.29) is 30.6 Å². The van der Waals surface area contributed by atoms with Crippen LogP contribution in [0.4, 0.5) is 0 Å². The predicted molar refractivity (Wildman–Crippen MR) is 93.6 cm³/mol. The third-order valence-corrected chi connectivity index (χ3v) is 5.80. The molecule has 0 bridgehead atoms. The molecule has 0 unspecified atom stereocenters. The summed E-state index contributed by atoms with van der Waals surface area (Å²) >= 11 is 0. The number of carbonyl (C=O) groups is 1. The number of benzene rings is 2. The summed E-state index contributed by atoms with van der Waals surface area (Å²) in [5, 5.41) is 31.0. The Kier molecular flexibility index (Phi) is 3.60. The average molecular weight is 386 g/mol. The number of hydrogen-bond acceptors (Lipinski definition) is 8. The zero-order valence-electron chi connectivity index (χ0n) is 14.9. The third-order valence-electron chi connectivity index (χ3n) is 5.80. The number of aliphatic hydroxyl groups is 1. The highest BCUT2D eigenvalue weighted by atomic mass is 16.7. The molecule has 0 saturated carbocycles. The Hall–Kier alpha value is -3.13. The molecule has 3 aliphatic rings. The van der Waals surface area contributed by atoms with Gasteiger partial charge in [0.25, 0.3) is 0 Å². The minimum atomic E-state index is -0.898. The number of phenols is 2. The van der Waals surface area contributed by atoms with Crippen molar-refractivity contribution in [3.05, 3.63) is 41.0 Å². The van der Waals surface area contributed by atoms with Crippen LogP contribution in [0.15, 0.2) is 24.3 Å². The summed E-state index contributed by atoms with van der Waals surface area (Å²) in [5.74, 6) is -1.60. The lowest BCUT2D eigenvalue weighted by Gasteiger charge is -2.36. The van der Waals surface area contributed by atoms with Crippen LogP contribution in [0.1, 0.15) is 28.7 Å². The van der Waals surface area contributed by atoms with Gasteiger partial charge >= 0.3 is 5.97 Å². The van der Waals surface area contributed by atoms with E-state index in [4.69, 9.17) is 18.9 Å². The van der Waals surface area contributed by atoms with E-state index in [1.807, 2.05) is 0 Å². The summed E-state index contributed by atoms with van der Waals surface area (Å²) in [6.07, 6.45) is -0.898. The first-order valence-corrected chi connectivity index (χ1v) is 8.87. The molecule has 2 aromatic carbocycles. The van der Waals surface area contributed by atoms with Crippen LogP contribution in [0.3, 0.4) is 0 Å². The monoisotopic (exact) mass is 386 g/mol. The van der Waals surface area contributed by atoms with E-state index in [0.717, 1.165) is 0 Å². The molecule has 1 aliphatic carbocycles. The van der Waals surface area contributed by atoms with Gasteiger partial charge in [-0.25, -0.2) is 0 Å². The Morgan fingerprint density at radius 1 is 1.04 bits per heavy atom. The molecule has 8 nitrogen and oxygen atoms in total. The van der Waals surface area contributed by atoms with E-state index in [0.29, 0.717) is 28.2 Å². The molecule has 146 valence electrons. The fourth-order valence-corrected chi connectivity index (χ4v) is 4.48. The average Bonchev–Trinajstić information content (AvgIpc) is 3.30.